The normalized spacial score (nSPS) is 38.2. The molecule has 0 bridgehead atoms. The molecule has 1 aliphatic heterocycles. The van der Waals surface area contributed by atoms with Gasteiger partial charge >= 0.3 is 0 Å². The molecular weight excluding hydrogens is 193 g/mol. The van der Waals surface area contributed by atoms with Crippen molar-refractivity contribution < 1.29 is 0 Å². The van der Waals surface area contributed by atoms with Crippen LogP contribution in [0.15, 0.2) is 0 Å². The van der Waals surface area contributed by atoms with Crippen LogP contribution < -0.4 is 0 Å². The molecule has 2 aliphatic rings. The van der Waals surface area contributed by atoms with Gasteiger partial charge in [-0.05, 0) is 13.0 Å². The lowest BCUT2D eigenvalue weighted by atomic mass is 10.3. The zero-order valence-corrected chi connectivity index (χ0v) is 8.91. The van der Waals surface area contributed by atoms with E-state index in [9.17, 15) is 0 Å². The predicted molar refractivity (Wildman–Crippen MR) is 52.8 cm³/mol. The van der Waals surface area contributed by atoms with Crippen molar-refractivity contribution in [3.63, 3.8) is 0 Å². The Morgan fingerprint density at radius 2 is 1.92 bits per heavy atom. The molecule has 0 spiro atoms. The van der Waals surface area contributed by atoms with Crippen molar-refractivity contribution in [2.24, 2.45) is 11.8 Å². The molecular formula is C9H15Cl2N. The van der Waals surface area contributed by atoms with Crippen molar-refractivity contribution in [3.8, 4) is 0 Å². The van der Waals surface area contributed by atoms with Crippen molar-refractivity contribution in [2.75, 3.05) is 19.6 Å². The summed E-state index contributed by atoms with van der Waals surface area (Å²) in [5.74, 6) is 1.13. The Kier molecular flexibility index (Phi) is 2.31. The maximum absolute atomic E-state index is 6.05. The molecule has 0 N–H and O–H groups in total. The predicted octanol–water partition coefficient (Wildman–Crippen LogP) is 2.52. The van der Waals surface area contributed by atoms with Crippen LogP contribution in [0.5, 0.6) is 0 Å². The summed E-state index contributed by atoms with van der Waals surface area (Å²) in [6.07, 6.45) is 2.58. The van der Waals surface area contributed by atoms with E-state index in [0.29, 0.717) is 11.8 Å². The second-order valence-corrected chi connectivity index (χ2v) is 5.44. The maximum Gasteiger partial charge on any atom is 0.127 e. The molecule has 1 saturated heterocycles. The first-order valence-corrected chi connectivity index (χ1v) is 5.52. The van der Waals surface area contributed by atoms with Gasteiger partial charge in [0.1, 0.15) is 4.33 Å². The van der Waals surface area contributed by atoms with Crippen molar-refractivity contribution in [2.45, 2.75) is 24.1 Å². The van der Waals surface area contributed by atoms with Crippen molar-refractivity contribution in [3.05, 3.63) is 0 Å². The molecule has 0 unspecified atom stereocenters. The quantitative estimate of drug-likeness (QED) is 0.644. The minimum Gasteiger partial charge on any atom is -0.303 e. The van der Waals surface area contributed by atoms with Crippen LogP contribution in [-0.2, 0) is 0 Å². The van der Waals surface area contributed by atoms with Crippen molar-refractivity contribution in [1.82, 2.24) is 4.90 Å². The van der Waals surface area contributed by atoms with E-state index in [2.05, 4.69) is 11.8 Å². The lowest BCUT2D eigenvalue weighted by Crippen LogP contribution is -2.27. The van der Waals surface area contributed by atoms with E-state index in [-0.39, 0.29) is 4.33 Å². The summed E-state index contributed by atoms with van der Waals surface area (Å²) < 4.78 is -0.358. The number of nitrogens with zero attached hydrogens (tertiary/aromatic N) is 1. The van der Waals surface area contributed by atoms with Gasteiger partial charge in [-0.25, -0.2) is 0 Å². The van der Waals surface area contributed by atoms with Crippen molar-refractivity contribution >= 4 is 23.2 Å². The van der Waals surface area contributed by atoms with E-state index < -0.39 is 0 Å². The second-order valence-electron chi connectivity index (χ2n) is 4.00. The molecule has 2 rings (SSSR count). The number of hydrogen-bond acceptors (Lipinski definition) is 1. The van der Waals surface area contributed by atoms with Crippen LogP contribution in [0.4, 0.5) is 0 Å². The summed E-state index contributed by atoms with van der Waals surface area (Å²) in [7, 11) is 0. The van der Waals surface area contributed by atoms with Crippen LogP contribution in [0.1, 0.15) is 19.8 Å². The Morgan fingerprint density at radius 1 is 1.33 bits per heavy atom. The van der Waals surface area contributed by atoms with E-state index >= 15 is 0 Å². The summed E-state index contributed by atoms with van der Waals surface area (Å²) in [4.78, 5) is 2.49. The van der Waals surface area contributed by atoms with Crippen LogP contribution in [0.25, 0.3) is 0 Å². The Bertz CT molecular complexity index is 167. The number of likely N-dealkylation sites (tertiary alicyclic amines) is 1. The first-order valence-electron chi connectivity index (χ1n) is 4.76. The first kappa shape index (κ1) is 9.11. The highest BCUT2D eigenvalue weighted by Crippen LogP contribution is 2.62. The Labute approximate surface area is 84.0 Å². The van der Waals surface area contributed by atoms with Crippen LogP contribution >= 0.6 is 23.2 Å². The monoisotopic (exact) mass is 207 g/mol. The van der Waals surface area contributed by atoms with Gasteiger partial charge < -0.3 is 4.90 Å². The smallest absolute Gasteiger partial charge is 0.127 e. The van der Waals surface area contributed by atoms with Gasteiger partial charge in [-0.1, -0.05) is 13.3 Å². The summed E-state index contributed by atoms with van der Waals surface area (Å²) in [6, 6.07) is 0. The van der Waals surface area contributed by atoms with Crippen LogP contribution in [-0.4, -0.2) is 28.9 Å². The summed E-state index contributed by atoms with van der Waals surface area (Å²) in [5.41, 5.74) is 0. The average Bonchev–Trinajstić information content (AvgIpc) is 2.51. The van der Waals surface area contributed by atoms with E-state index in [1.165, 1.54) is 19.4 Å². The zero-order chi connectivity index (χ0) is 8.77. The average molecular weight is 208 g/mol. The highest BCUT2D eigenvalue weighted by atomic mass is 35.5. The number of fused-ring (bicyclic) bond motifs is 1. The van der Waals surface area contributed by atoms with Gasteiger partial charge in [0.25, 0.3) is 0 Å². The molecule has 12 heavy (non-hydrogen) atoms. The first-order chi connectivity index (χ1) is 5.66. The molecule has 70 valence electrons. The summed E-state index contributed by atoms with van der Waals surface area (Å²) in [5, 5.41) is 0. The number of rotatable bonds is 3. The Balaban J connectivity index is 1.75. The van der Waals surface area contributed by atoms with E-state index in [4.69, 9.17) is 23.2 Å². The maximum atomic E-state index is 6.05. The van der Waals surface area contributed by atoms with Crippen molar-refractivity contribution in [1.29, 1.82) is 0 Å². The molecule has 1 aliphatic carbocycles. The molecule has 0 amide bonds. The third kappa shape index (κ3) is 1.36. The van der Waals surface area contributed by atoms with E-state index in [1.54, 1.807) is 0 Å². The zero-order valence-electron chi connectivity index (χ0n) is 7.39. The number of hydrogen-bond donors (Lipinski definition) is 0. The largest absolute Gasteiger partial charge is 0.303 e. The Hall–Kier alpha value is 0.540. The van der Waals surface area contributed by atoms with E-state index in [0.717, 1.165) is 13.1 Å². The number of unbranched alkanes of at least 4 members (excludes halogenated alkanes) is 1. The lowest BCUT2D eigenvalue weighted by Gasteiger charge is -2.19. The molecule has 1 saturated carbocycles. The van der Waals surface area contributed by atoms with Gasteiger partial charge in [-0.2, -0.15) is 0 Å². The molecule has 0 aromatic carbocycles. The molecule has 0 aromatic rings. The summed E-state index contributed by atoms with van der Waals surface area (Å²) >= 11 is 12.1. The van der Waals surface area contributed by atoms with Gasteiger partial charge in [-0.15, -0.1) is 23.2 Å². The van der Waals surface area contributed by atoms with Gasteiger partial charge in [0, 0.05) is 24.9 Å². The lowest BCUT2D eigenvalue weighted by molar-refractivity contribution is 0.297. The number of halogens is 2. The fourth-order valence-electron chi connectivity index (χ4n) is 2.15. The molecule has 2 atom stereocenters. The number of alkyl halides is 2. The van der Waals surface area contributed by atoms with Gasteiger partial charge in [0.15, 0.2) is 0 Å². The third-order valence-corrected chi connectivity index (χ3v) is 4.22. The molecule has 1 nitrogen and oxygen atoms in total. The van der Waals surface area contributed by atoms with E-state index in [1.807, 2.05) is 0 Å². The van der Waals surface area contributed by atoms with Crippen LogP contribution in [0.3, 0.4) is 0 Å². The highest BCUT2D eigenvalue weighted by molar-refractivity contribution is 6.51. The minimum atomic E-state index is -0.358. The molecule has 1 heterocycles. The minimum absolute atomic E-state index is 0.358. The number of piperidine rings is 1. The topological polar surface area (TPSA) is 3.24 Å². The fraction of sp³-hybridized carbons (Fsp3) is 1.00. The van der Waals surface area contributed by atoms with Gasteiger partial charge in [0.2, 0.25) is 0 Å². The molecule has 0 radical (unpaired) electrons. The SMILES string of the molecule is CCCCN1C[C@@H]2[C@@H](C1)C2(Cl)Cl. The van der Waals surface area contributed by atoms with Gasteiger partial charge in [0.05, 0.1) is 0 Å². The Morgan fingerprint density at radius 3 is 2.42 bits per heavy atom. The molecule has 3 heteroatoms. The highest BCUT2D eigenvalue weighted by Gasteiger charge is 2.66. The fourth-order valence-corrected chi connectivity index (χ4v) is 2.91. The van der Waals surface area contributed by atoms with Gasteiger partial charge in [-0.3, -0.25) is 0 Å². The van der Waals surface area contributed by atoms with Crippen LogP contribution in [0, 0.1) is 11.8 Å². The molecule has 2 fully saturated rings. The second kappa shape index (κ2) is 3.04. The van der Waals surface area contributed by atoms with Crippen LogP contribution in [0.2, 0.25) is 0 Å². The molecule has 0 aromatic heterocycles. The third-order valence-electron chi connectivity index (χ3n) is 3.10. The summed E-state index contributed by atoms with van der Waals surface area (Å²) in [6.45, 7) is 5.70. The standard InChI is InChI=1S/C9H15Cl2N/c1-2-3-4-12-5-7-8(6-12)9(7,10)11/h7-8H,2-6H2,1H3/t7-,8-/m1/s1.